The maximum absolute atomic E-state index is 5.20. The Morgan fingerprint density at radius 2 is 1.88 bits per heavy atom. The molecule has 0 aliphatic heterocycles. The van der Waals surface area contributed by atoms with Crippen molar-refractivity contribution >= 4 is 21.1 Å². The molecule has 0 atom stereocenters. The van der Waals surface area contributed by atoms with Crippen LogP contribution in [0.25, 0.3) is 0 Å². The van der Waals surface area contributed by atoms with E-state index in [-0.39, 0.29) is 6.07 Å². The zero-order valence-electron chi connectivity index (χ0n) is 4.81. The lowest BCUT2D eigenvalue weighted by Gasteiger charge is -2.04. The van der Waals surface area contributed by atoms with Gasteiger partial charge in [0.25, 0.3) is 0 Å². The van der Waals surface area contributed by atoms with E-state index < -0.39 is 9.53 Å². The van der Waals surface area contributed by atoms with Crippen molar-refractivity contribution in [1.82, 2.24) is 0 Å². The highest BCUT2D eigenvalue weighted by Crippen LogP contribution is 1.88. The molecule has 0 rings (SSSR count). The highest BCUT2D eigenvalue weighted by molar-refractivity contribution is 6.37. The molecule has 0 spiro atoms. The average Bonchev–Trinajstić information content (AvgIpc) is 1.83. The minimum Gasteiger partial charge on any atom is -0.375 e. The van der Waals surface area contributed by atoms with Crippen LogP contribution < -0.4 is 0 Å². The Bertz CT molecular complexity index is 49.8. The predicted octanol–water partition coefficient (Wildman–Crippen LogP) is 0.477. The van der Waals surface area contributed by atoms with Gasteiger partial charge in [0.2, 0.25) is 0 Å². The van der Waals surface area contributed by atoms with Crippen LogP contribution in [0.2, 0.25) is 0 Å². The monoisotopic (exact) mass is 155 g/mol. The van der Waals surface area contributed by atoms with Crippen LogP contribution in [0.3, 0.4) is 0 Å². The summed E-state index contributed by atoms with van der Waals surface area (Å²) in [5.41, 5.74) is 0. The van der Waals surface area contributed by atoms with E-state index in [1.165, 1.54) is 14.2 Å². The molecule has 0 aliphatic rings. The van der Waals surface area contributed by atoms with E-state index >= 15 is 0 Å². The topological polar surface area (TPSA) is 27.7 Å². The maximum atomic E-state index is 5.20. The van der Waals surface area contributed by atoms with Crippen molar-refractivity contribution in [2.45, 2.75) is 0 Å². The van der Waals surface area contributed by atoms with E-state index in [2.05, 4.69) is 0 Å². The van der Waals surface area contributed by atoms with E-state index in [4.69, 9.17) is 24.9 Å². The first kappa shape index (κ1) is 8.39. The summed E-state index contributed by atoms with van der Waals surface area (Å²) in [7, 11) is 1.53. The summed E-state index contributed by atoms with van der Waals surface area (Å²) in [4.78, 5) is 0. The maximum Gasteiger partial charge on any atom is 0.578 e. The van der Waals surface area contributed by atoms with Gasteiger partial charge in [-0.2, -0.15) is 0 Å². The van der Waals surface area contributed by atoms with E-state index in [1.807, 2.05) is 0 Å². The normalized spacial score (nSPS) is 10.5. The molecule has 0 fully saturated rings. The first-order valence-electron chi connectivity index (χ1n) is 1.98. The summed E-state index contributed by atoms with van der Waals surface area (Å²) in [6.45, 7) is 0. The molecule has 0 bridgehead atoms. The highest BCUT2D eigenvalue weighted by atomic mass is 35.5. The minimum atomic E-state index is -1.51. The molecular weight excluding hydrogens is 148 g/mol. The van der Waals surface area contributed by atoms with Crippen molar-refractivity contribution in [3.63, 3.8) is 0 Å². The summed E-state index contributed by atoms with van der Waals surface area (Å²) in [5.74, 6) is 0. The van der Waals surface area contributed by atoms with Gasteiger partial charge >= 0.3 is 9.53 Å². The molecule has 0 saturated carbocycles. The lowest BCUT2D eigenvalue weighted by molar-refractivity contribution is 0.156. The SMILES string of the molecule is CO[Si](OC)OCCl. The van der Waals surface area contributed by atoms with Crippen molar-refractivity contribution in [3.8, 4) is 0 Å². The molecule has 1 radical (unpaired) electrons. The lowest BCUT2D eigenvalue weighted by atomic mass is 11.7. The van der Waals surface area contributed by atoms with Crippen LogP contribution in [0.4, 0.5) is 0 Å². The number of hydrogen-bond donors (Lipinski definition) is 0. The summed E-state index contributed by atoms with van der Waals surface area (Å²) in [5, 5.41) is 0. The average molecular weight is 156 g/mol. The third-order valence-corrected chi connectivity index (χ3v) is 1.84. The molecular formula is C3H8ClO3Si. The lowest BCUT2D eigenvalue weighted by Crippen LogP contribution is -2.22. The summed E-state index contributed by atoms with van der Waals surface area (Å²) in [6, 6.07) is 0.121. The third-order valence-electron chi connectivity index (χ3n) is 0.506. The second kappa shape index (κ2) is 5.52. The summed E-state index contributed by atoms with van der Waals surface area (Å²) < 4.78 is 14.2. The fourth-order valence-electron chi connectivity index (χ4n) is 0.246. The Kier molecular flexibility index (Phi) is 5.79. The van der Waals surface area contributed by atoms with Gasteiger partial charge in [-0.1, -0.05) is 11.6 Å². The third kappa shape index (κ3) is 3.40. The molecule has 0 heterocycles. The molecule has 0 aliphatic carbocycles. The van der Waals surface area contributed by atoms with Crippen LogP contribution in [-0.2, 0) is 13.3 Å². The highest BCUT2D eigenvalue weighted by Gasteiger charge is 2.12. The summed E-state index contributed by atoms with van der Waals surface area (Å²) >= 11 is 5.20. The number of hydrogen-bond acceptors (Lipinski definition) is 3. The van der Waals surface area contributed by atoms with Gasteiger partial charge in [0.1, 0.15) is 6.07 Å². The second-order valence-corrected chi connectivity index (χ2v) is 2.74. The van der Waals surface area contributed by atoms with Gasteiger partial charge < -0.3 is 13.3 Å². The van der Waals surface area contributed by atoms with Crippen LogP contribution in [-0.4, -0.2) is 29.8 Å². The first-order valence-corrected chi connectivity index (χ1v) is 3.74. The molecule has 0 saturated heterocycles. The summed E-state index contributed by atoms with van der Waals surface area (Å²) in [6.07, 6.45) is 0. The van der Waals surface area contributed by atoms with Crippen LogP contribution >= 0.6 is 11.6 Å². The quantitative estimate of drug-likeness (QED) is 0.437. The Hall–Kier alpha value is 0.387. The van der Waals surface area contributed by atoms with Crippen LogP contribution in [0.15, 0.2) is 0 Å². The number of alkyl halides is 1. The zero-order chi connectivity index (χ0) is 6.41. The van der Waals surface area contributed by atoms with Crippen LogP contribution in [0.5, 0.6) is 0 Å². The van der Waals surface area contributed by atoms with Gasteiger partial charge in [-0.15, -0.1) is 0 Å². The Morgan fingerprint density at radius 3 is 2.00 bits per heavy atom. The van der Waals surface area contributed by atoms with Crippen molar-refractivity contribution in [2.24, 2.45) is 0 Å². The molecule has 3 nitrogen and oxygen atoms in total. The Morgan fingerprint density at radius 1 is 1.38 bits per heavy atom. The first-order chi connectivity index (χ1) is 3.85. The predicted molar refractivity (Wildman–Crippen MR) is 31.6 cm³/mol. The van der Waals surface area contributed by atoms with Gasteiger partial charge in [0.15, 0.2) is 0 Å². The van der Waals surface area contributed by atoms with Crippen molar-refractivity contribution < 1.29 is 13.3 Å². The molecule has 49 valence electrons. The second-order valence-electron chi connectivity index (χ2n) is 0.912. The number of rotatable bonds is 4. The molecule has 0 aromatic rings. The standard InChI is InChI=1S/C3H8ClO3Si/c1-5-8(6-2)7-3-4/h3H2,1-2H3. The zero-order valence-corrected chi connectivity index (χ0v) is 6.57. The van der Waals surface area contributed by atoms with E-state index in [9.17, 15) is 0 Å². The minimum absolute atomic E-state index is 0.121. The smallest absolute Gasteiger partial charge is 0.375 e. The van der Waals surface area contributed by atoms with Gasteiger partial charge in [-0.05, 0) is 0 Å². The number of halogens is 1. The van der Waals surface area contributed by atoms with Crippen molar-refractivity contribution in [3.05, 3.63) is 0 Å². The fourth-order valence-corrected chi connectivity index (χ4v) is 1.00. The van der Waals surface area contributed by atoms with Gasteiger partial charge in [-0.3, -0.25) is 0 Å². The van der Waals surface area contributed by atoms with Crippen molar-refractivity contribution in [2.75, 3.05) is 20.3 Å². The van der Waals surface area contributed by atoms with Crippen LogP contribution in [0, 0.1) is 0 Å². The molecule has 8 heavy (non-hydrogen) atoms. The molecule has 0 amide bonds. The van der Waals surface area contributed by atoms with Gasteiger partial charge in [0.05, 0.1) is 0 Å². The largest absolute Gasteiger partial charge is 0.578 e. The van der Waals surface area contributed by atoms with E-state index in [1.54, 1.807) is 0 Å². The molecule has 5 heteroatoms. The van der Waals surface area contributed by atoms with E-state index in [0.717, 1.165) is 0 Å². The van der Waals surface area contributed by atoms with Gasteiger partial charge in [-0.25, -0.2) is 0 Å². The Balaban J connectivity index is 3.07. The Labute approximate surface area is 55.5 Å². The van der Waals surface area contributed by atoms with E-state index in [0.29, 0.717) is 0 Å². The van der Waals surface area contributed by atoms with Crippen molar-refractivity contribution in [1.29, 1.82) is 0 Å². The fraction of sp³-hybridized carbons (Fsp3) is 1.00. The van der Waals surface area contributed by atoms with Crippen LogP contribution in [0.1, 0.15) is 0 Å². The molecule has 0 unspecified atom stereocenters. The van der Waals surface area contributed by atoms with Gasteiger partial charge in [0, 0.05) is 14.2 Å². The molecule has 0 aromatic carbocycles. The molecule has 0 N–H and O–H groups in total. The molecule has 0 aromatic heterocycles.